The van der Waals surface area contributed by atoms with Gasteiger partial charge in [-0.05, 0) is 30.9 Å². The van der Waals surface area contributed by atoms with Crippen LogP contribution in [0.15, 0.2) is 24.3 Å². The second-order valence-electron chi connectivity index (χ2n) is 12.8. The van der Waals surface area contributed by atoms with E-state index < -0.39 is 0 Å². The van der Waals surface area contributed by atoms with Crippen molar-refractivity contribution in [1.82, 2.24) is 14.9 Å². The number of hydrogen-bond acceptors (Lipinski definition) is 6. The van der Waals surface area contributed by atoms with Gasteiger partial charge < -0.3 is 0 Å². The van der Waals surface area contributed by atoms with Crippen molar-refractivity contribution in [2.24, 2.45) is 5.92 Å². The van der Waals surface area contributed by atoms with Crippen molar-refractivity contribution in [3.05, 3.63) is 46.8 Å². The van der Waals surface area contributed by atoms with E-state index in [1.165, 1.54) is 81.9 Å². The van der Waals surface area contributed by atoms with Crippen LogP contribution in [0.3, 0.4) is 0 Å². The number of nitriles is 2. The van der Waals surface area contributed by atoms with Crippen LogP contribution in [0.4, 0.5) is 0 Å². The van der Waals surface area contributed by atoms with Crippen LogP contribution in [0.1, 0.15) is 149 Å². The molecule has 2 aromatic carbocycles. The number of carbonyl (C=O) groups is 2. The van der Waals surface area contributed by atoms with Crippen LogP contribution in [0, 0.1) is 28.6 Å². The standard InChI is InChI=1S/C38H45N5O2/c1-3-5-7-9-11-12-14-16-18-26(17-15-13-10-8-6-4-2)25-43-37(44)29-21-19-27-33-28(20-22-30(34(29)33)38(43)45)36-35(27)41-31(23-39)32(24-40)42-36/h19-22,26H,3-18,25H2,1-2H3. The summed E-state index contributed by atoms with van der Waals surface area (Å²) in [6.45, 7) is 4.94. The molecule has 0 bridgehead atoms. The quantitative estimate of drug-likeness (QED) is 0.0827. The molecule has 1 aromatic heterocycles. The van der Waals surface area contributed by atoms with E-state index in [1.807, 2.05) is 24.3 Å². The Morgan fingerprint density at radius 1 is 0.600 bits per heavy atom. The Labute approximate surface area is 267 Å². The first kappa shape index (κ1) is 32.3. The van der Waals surface area contributed by atoms with Gasteiger partial charge in [0.2, 0.25) is 0 Å². The average Bonchev–Trinajstić information content (AvgIpc) is 3.38. The Balaban J connectivity index is 1.34. The first-order valence-electron chi connectivity index (χ1n) is 17.2. The summed E-state index contributed by atoms with van der Waals surface area (Å²) in [4.78, 5) is 38.4. The van der Waals surface area contributed by atoms with E-state index in [-0.39, 0.29) is 23.2 Å². The maximum absolute atomic E-state index is 14.0. The largest absolute Gasteiger partial charge is 0.274 e. The molecule has 1 atom stereocenters. The second kappa shape index (κ2) is 15.3. The Bertz CT molecular complexity index is 1550. The van der Waals surface area contributed by atoms with Crippen LogP contribution in [0.25, 0.3) is 33.3 Å². The number of amides is 2. The second-order valence-corrected chi connectivity index (χ2v) is 12.8. The summed E-state index contributed by atoms with van der Waals surface area (Å²) in [7, 11) is 0. The number of benzene rings is 2. The summed E-state index contributed by atoms with van der Waals surface area (Å²) in [5, 5.41) is 20.4. The molecule has 7 heteroatoms. The van der Waals surface area contributed by atoms with Crippen LogP contribution in [-0.4, -0.2) is 33.2 Å². The number of unbranched alkanes of at least 4 members (excludes halogenated alkanes) is 12. The van der Waals surface area contributed by atoms with Crippen molar-refractivity contribution in [1.29, 1.82) is 10.5 Å². The fraction of sp³-hybridized carbons (Fsp3) is 0.526. The predicted molar refractivity (Wildman–Crippen MR) is 177 cm³/mol. The number of fused-ring (bicyclic) bond motifs is 3. The first-order chi connectivity index (χ1) is 22.0. The third-order valence-corrected chi connectivity index (χ3v) is 9.60. The van der Waals surface area contributed by atoms with Crippen molar-refractivity contribution in [3.63, 3.8) is 0 Å². The van der Waals surface area contributed by atoms with E-state index in [0.29, 0.717) is 40.4 Å². The molecule has 5 rings (SSSR count). The number of nitrogens with zero attached hydrogens (tertiary/aromatic N) is 5. The monoisotopic (exact) mass is 603 g/mol. The third kappa shape index (κ3) is 6.79. The summed E-state index contributed by atoms with van der Waals surface area (Å²) in [5.41, 5.74) is 3.47. The highest BCUT2D eigenvalue weighted by Gasteiger charge is 2.38. The van der Waals surface area contributed by atoms with Gasteiger partial charge in [-0.3, -0.25) is 14.5 Å². The van der Waals surface area contributed by atoms with Crippen LogP contribution < -0.4 is 0 Å². The normalized spacial score (nSPS) is 13.6. The summed E-state index contributed by atoms with van der Waals surface area (Å²) >= 11 is 0. The molecule has 3 aromatic rings. The Hall–Kier alpha value is -4.10. The van der Waals surface area contributed by atoms with Gasteiger partial charge in [0.25, 0.3) is 11.8 Å². The van der Waals surface area contributed by atoms with Crippen molar-refractivity contribution in [2.45, 2.75) is 117 Å². The lowest BCUT2D eigenvalue weighted by atomic mass is 9.89. The van der Waals surface area contributed by atoms with Crippen LogP contribution >= 0.6 is 0 Å². The average molecular weight is 604 g/mol. The molecule has 0 saturated carbocycles. The highest BCUT2D eigenvalue weighted by Crippen LogP contribution is 2.48. The molecule has 2 amide bonds. The number of carbonyl (C=O) groups excluding carboxylic acids is 2. The van der Waals surface area contributed by atoms with Crippen molar-refractivity contribution >= 4 is 22.6 Å². The molecule has 1 aliphatic carbocycles. The Morgan fingerprint density at radius 3 is 1.40 bits per heavy atom. The van der Waals surface area contributed by atoms with Crippen LogP contribution in [0.5, 0.6) is 0 Å². The van der Waals surface area contributed by atoms with E-state index in [0.717, 1.165) is 42.2 Å². The zero-order chi connectivity index (χ0) is 31.8. The molecule has 234 valence electrons. The molecule has 0 N–H and O–H groups in total. The van der Waals surface area contributed by atoms with Gasteiger partial charge in [0.1, 0.15) is 12.1 Å². The van der Waals surface area contributed by atoms with Gasteiger partial charge in [0, 0.05) is 39.6 Å². The first-order valence-corrected chi connectivity index (χ1v) is 17.2. The molecule has 0 fully saturated rings. The topological polar surface area (TPSA) is 111 Å². The minimum absolute atomic E-state index is 0.0279. The Morgan fingerprint density at radius 2 is 0.978 bits per heavy atom. The lowest BCUT2D eigenvalue weighted by Crippen LogP contribution is -2.43. The molecule has 0 spiro atoms. The van der Waals surface area contributed by atoms with Crippen LogP contribution in [-0.2, 0) is 0 Å². The maximum atomic E-state index is 14.0. The molecule has 2 aliphatic rings. The predicted octanol–water partition coefficient (Wildman–Crippen LogP) is 9.51. The molecule has 0 saturated heterocycles. The van der Waals surface area contributed by atoms with E-state index in [1.54, 1.807) is 12.1 Å². The molecular formula is C38H45N5O2. The number of rotatable bonds is 18. The molecule has 45 heavy (non-hydrogen) atoms. The van der Waals surface area contributed by atoms with E-state index >= 15 is 0 Å². The SMILES string of the molecule is CCCCCCCCCCC(CCCCCCCC)CN1C(=O)c2ccc3c4c(ccc(c24)C1=O)-c1nc(C#N)c(C#N)nc1-3. The molecule has 7 nitrogen and oxygen atoms in total. The molecule has 0 radical (unpaired) electrons. The Kier molecular flexibility index (Phi) is 11.0. The summed E-state index contributed by atoms with van der Waals surface area (Å²) in [5.74, 6) is -0.193. The van der Waals surface area contributed by atoms with Gasteiger partial charge >= 0.3 is 0 Å². The molecule has 1 unspecified atom stereocenters. The van der Waals surface area contributed by atoms with Gasteiger partial charge in [0.15, 0.2) is 11.4 Å². The lowest BCUT2D eigenvalue weighted by molar-refractivity contribution is 0.0577. The zero-order valence-corrected chi connectivity index (χ0v) is 27.0. The smallest absolute Gasteiger partial charge is 0.261 e. The van der Waals surface area contributed by atoms with Gasteiger partial charge in [-0.1, -0.05) is 116 Å². The van der Waals surface area contributed by atoms with E-state index in [9.17, 15) is 20.1 Å². The van der Waals surface area contributed by atoms with Gasteiger partial charge in [-0.15, -0.1) is 0 Å². The van der Waals surface area contributed by atoms with Crippen LogP contribution in [0.2, 0.25) is 0 Å². The summed E-state index contributed by atoms with van der Waals surface area (Å²) < 4.78 is 0. The number of imide groups is 1. The number of hydrogen-bond donors (Lipinski definition) is 0. The highest BCUT2D eigenvalue weighted by atomic mass is 16.2. The third-order valence-electron chi connectivity index (χ3n) is 9.60. The maximum Gasteiger partial charge on any atom is 0.261 e. The summed E-state index contributed by atoms with van der Waals surface area (Å²) in [6.07, 6.45) is 19.6. The van der Waals surface area contributed by atoms with E-state index in [4.69, 9.17) is 0 Å². The highest BCUT2D eigenvalue weighted by molar-refractivity contribution is 6.30. The number of aromatic nitrogens is 2. The van der Waals surface area contributed by atoms with Gasteiger partial charge in [-0.2, -0.15) is 10.5 Å². The molecule has 1 aliphatic heterocycles. The van der Waals surface area contributed by atoms with Crippen molar-refractivity contribution in [3.8, 4) is 34.7 Å². The lowest BCUT2D eigenvalue weighted by Gasteiger charge is -2.31. The summed E-state index contributed by atoms with van der Waals surface area (Å²) in [6, 6.07) is 11.2. The van der Waals surface area contributed by atoms with Gasteiger partial charge in [0.05, 0.1) is 11.4 Å². The van der Waals surface area contributed by atoms with Crippen molar-refractivity contribution in [2.75, 3.05) is 6.54 Å². The zero-order valence-electron chi connectivity index (χ0n) is 27.0. The minimum Gasteiger partial charge on any atom is -0.274 e. The fourth-order valence-corrected chi connectivity index (χ4v) is 7.13. The van der Waals surface area contributed by atoms with Gasteiger partial charge in [-0.25, -0.2) is 9.97 Å². The molecular weight excluding hydrogens is 558 g/mol. The molecule has 2 heterocycles. The van der Waals surface area contributed by atoms with Crippen molar-refractivity contribution < 1.29 is 9.59 Å². The fourth-order valence-electron chi connectivity index (χ4n) is 7.13. The van der Waals surface area contributed by atoms with E-state index in [2.05, 4.69) is 23.8 Å². The minimum atomic E-state index is -0.243.